The SMILES string of the molecule is COc1nc(N2CC(N(C)C)C2)nc2c(F)c(-c3cc(O)cc4ccccc34)c(Cl)cc12. The van der Waals surface area contributed by atoms with Gasteiger partial charge in [-0.25, -0.2) is 9.37 Å². The van der Waals surface area contributed by atoms with Crippen molar-refractivity contribution >= 4 is 39.2 Å². The van der Waals surface area contributed by atoms with E-state index < -0.39 is 5.82 Å². The molecule has 3 aromatic carbocycles. The quantitative estimate of drug-likeness (QED) is 0.484. The van der Waals surface area contributed by atoms with Crippen molar-refractivity contribution in [3.8, 4) is 22.8 Å². The van der Waals surface area contributed by atoms with Crippen LogP contribution in [0.5, 0.6) is 11.6 Å². The fourth-order valence-electron chi connectivity index (χ4n) is 4.15. The van der Waals surface area contributed by atoms with Crippen LogP contribution in [0.2, 0.25) is 5.02 Å². The van der Waals surface area contributed by atoms with Crippen LogP contribution in [-0.2, 0) is 0 Å². The number of aromatic hydroxyl groups is 1. The van der Waals surface area contributed by atoms with E-state index in [1.165, 1.54) is 13.2 Å². The van der Waals surface area contributed by atoms with Gasteiger partial charge in [0.1, 0.15) is 11.3 Å². The maximum absolute atomic E-state index is 16.0. The number of hydrogen-bond acceptors (Lipinski definition) is 6. The molecule has 0 radical (unpaired) electrons. The molecule has 8 heteroatoms. The van der Waals surface area contributed by atoms with Gasteiger partial charge in [-0.15, -0.1) is 0 Å². The summed E-state index contributed by atoms with van der Waals surface area (Å²) >= 11 is 6.57. The first-order valence-electron chi connectivity index (χ1n) is 10.2. The summed E-state index contributed by atoms with van der Waals surface area (Å²) in [7, 11) is 5.54. The highest BCUT2D eigenvalue weighted by Crippen LogP contribution is 2.42. The summed E-state index contributed by atoms with van der Waals surface area (Å²) < 4.78 is 21.5. The summed E-state index contributed by atoms with van der Waals surface area (Å²) in [6.45, 7) is 1.50. The van der Waals surface area contributed by atoms with Crippen molar-refractivity contribution < 1.29 is 14.2 Å². The second-order valence-electron chi connectivity index (χ2n) is 8.21. The Balaban J connectivity index is 1.72. The van der Waals surface area contributed by atoms with Crippen LogP contribution in [0.25, 0.3) is 32.8 Å². The molecule has 0 bridgehead atoms. The first-order valence-corrected chi connectivity index (χ1v) is 10.6. The lowest BCUT2D eigenvalue weighted by Gasteiger charge is -2.42. The standard InChI is InChI=1S/C24H22ClFN4O2/c1-29(2)14-11-30(12-14)24-27-22-18(23(28-24)32-3)10-19(25)20(21(22)26)17-9-15(31)8-13-6-4-5-7-16(13)17/h4-10,14,31H,11-12H2,1-3H3. The highest BCUT2D eigenvalue weighted by atomic mass is 35.5. The molecule has 5 rings (SSSR count). The van der Waals surface area contributed by atoms with E-state index in [1.54, 1.807) is 12.1 Å². The molecule has 1 aromatic heterocycles. The Morgan fingerprint density at radius 3 is 2.59 bits per heavy atom. The average Bonchev–Trinajstić information content (AvgIpc) is 2.72. The molecule has 164 valence electrons. The second-order valence-corrected chi connectivity index (χ2v) is 8.62. The van der Waals surface area contributed by atoms with E-state index in [2.05, 4.69) is 14.9 Å². The Kier molecular flexibility index (Phi) is 5.03. The number of ether oxygens (including phenoxy) is 1. The van der Waals surface area contributed by atoms with Gasteiger partial charge in [-0.2, -0.15) is 4.98 Å². The molecule has 1 N–H and O–H groups in total. The smallest absolute Gasteiger partial charge is 0.229 e. The van der Waals surface area contributed by atoms with Crippen molar-refractivity contribution in [2.75, 3.05) is 39.2 Å². The molecule has 2 heterocycles. The Morgan fingerprint density at radius 1 is 1.12 bits per heavy atom. The van der Waals surface area contributed by atoms with Crippen LogP contribution in [0.1, 0.15) is 0 Å². The topological polar surface area (TPSA) is 61.7 Å². The van der Waals surface area contributed by atoms with E-state index in [0.717, 1.165) is 23.9 Å². The molecule has 4 aromatic rings. The number of anilines is 1. The number of phenols is 1. The molecule has 0 saturated carbocycles. The zero-order valence-corrected chi connectivity index (χ0v) is 18.7. The lowest BCUT2D eigenvalue weighted by molar-refractivity contribution is 0.244. The maximum Gasteiger partial charge on any atom is 0.229 e. The molecule has 1 fully saturated rings. The lowest BCUT2D eigenvalue weighted by atomic mass is 9.96. The van der Waals surface area contributed by atoms with E-state index in [0.29, 0.717) is 22.9 Å². The third-order valence-electron chi connectivity index (χ3n) is 6.02. The predicted molar refractivity (Wildman–Crippen MR) is 125 cm³/mol. The van der Waals surface area contributed by atoms with Crippen LogP contribution in [-0.4, -0.2) is 60.3 Å². The second kappa shape index (κ2) is 7.76. The van der Waals surface area contributed by atoms with Gasteiger partial charge in [-0.05, 0) is 48.6 Å². The van der Waals surface area contributed by atoms with Gasteiger partial charge in [0.2, 0.25) is 11.8 Å². The number of hydrogen-bond donors (Lipinski definition) is 1. The van der Waals surface area contributed by atoms with Crippen LogP contribution in [0.15, 0.2) is 42.5 Å². The van der Waals surface area contributed by atoms with Gasteiger partial charge < -0.3 is 19.6 Å². The zero-order chi connectivity index (χ0) is 22.6. The molecule has 0 spiro atoms. The number of rotatable bonds is 4. The molecule has 0 aliphatic carbocycles. The number of methoxy groups -OCH3 is 1. The first kappa shape index (κ1) is 20.7. The van der Waals surface area contributed by atoms with Crippen molar-refractivity contribution in [1.29, 1.82) is 0 Å². The maximum atomic E-state index is 16.0. The van der Waals surface area contributed by atoms with E-state index >= 15 is 4.39 Å². The van der Waals surface area contributed by atoms with Crippen LogP contribution >= 0.6 is 11.6 Å². The van der Waals surface area contributed by atoms with Gasteiger partial charge in [-0.3, -0.25) is 0 Å². The third kappa shape index (κ3) is 3.29. The third-order valence-corrected chi connectivity index (χ3v) is 6.32. The van der Waals surface area contributed by atoms with Gasteiger partial charge in [0, 0.05) is 24.7 Å². The minimum Gasteiger partial charge on any atom is -0.508 e. The number of benzene rings is 3. The minimum atomic E-state index is -0.574. The number of likely N-dealkylation sites (N-methyl/N-ethyl adjacent to an activating group) is 1. The number of phenolic OH excluding ortho intramolecular Hbond substituents is 1. The summed E-state index contributed by atoms with van der Waals surface area (Å²) in [6.07, 6.45) is 0. The summed E-state index contributed by atoms with van der Waals surface area (Å²) in [6, 6.07) is 12.6. The Morgan fingerprint density at radius 2 is 1.88 bits per heavy atom. The molecule has 1 aliphatic rings. The fraction of sp³-hybridized carbons (Fsp3) is 0.250. The van der Waals surface area contributed by atoms with Gasteiger partial charge >= 0.3 is 0 Å². The highest BCUT2D eigenvalue weighted by molar-refractivity contribution is 6.34. The largest absolute Gasteiger partial charge is 0.508 e. The Hall–Kier alpha value is -3.16. The number of nitrogens with zero attached hydrogens (tertiary/aromatic N) is 4. The molecule has 6 nitrogen and oxygen atoms in total. The van der Waals surface area contributed by atoms with Gasteiger partial charge in [0.05, 0.1) is 17.5 Å². The summed E-state index contributed by atoms with van der Waals surface area (Å²) in [5, 5.41) is 12.4. The van der Waals surface area contributed by atoms with Crippen LogP contribution in [0, 0.1) is 5.82 Å². The van der Waals surface area contributed by atoms with Gasteiger partial charge in [0.25, 0.3) is 0 Å². The van der Waals surface area contributed by atoms with E-state index in [1.807, 2.05) is 43.3 Å². The monoisotopic (exact) mass is 452 g/mol. The van der Waals surface area contributed by atoms with Crippen molar-refractivity contribution in [2.24, 2.45) is 0 Å². The zero-order valence-electron chi connectivity index (χ0n) is 17.9. The molecular weight excluding hydrogens is 431 g/mol. The van der Waals surface area contributed by atoms with Crippen molar-refractivity contribution in [3.05, 3.63) is 53.3 Å². The summed E-state index contributed by atoms with van der Waals surface area (Å²) in [5.41, 5.74) is 0.820. The molecule has 0 unspecified atom stereocenters. The molecule has 0 amide bonds. The van der Waals surface area contributed by atoms with Crippen molar-refractivity contribution in [1.82, 2.24) is 14.9 Å². The molecule has 32 heavy (non-hydrogen) atoms. The lowest BCUT2D eigenvalue weighted by Crippen LogP contribution is -2.58. The average molecular weight is 453 g/mol. The van der Waals surface area contributed by atoms with E-state index in [-0.39, 0.29) is 27.7 Å². The van der Waals surface area contributed by atoms with Crippen molar-refractivity contribution in [2.45, 2.75) is 6.04 Å². The van der Waals surface area contributed by atoms with E-state index in [9.17, 15) is 5.11 Å². The predicted octanol–water partition coefficient (Wildman–Crippen LogP) is 4.71. The van der Waals surface area contributed by atoms with Gasteiger partial charge in [0.15, 0.2) is 5.82 Å². The van der Waals surface area contributed by atoms with E-state index in [4.69, 9.17) is 16.3 Å². The normalized spacial score (nSPS) is 14.4. The summed E-state index contributed by atoms with van der Waals surface area (Å²) in [5.74, 6) is 0.146. The van der Waals surface area contributed by atoms with Crippen molar-refractivity contribution in [3.63, 3.8) is 0 Å². The van der Waals surface area contributed by atoms with Gasteiger partial charge in [-0.1, -0.05) is 35.9 Å². The van der Waals surface area contributed by atoms with Crippen LogP contribution in [0.3, 0.4) is 0 Å². The molecule has 1 aliphatic heterocycles. The molecule has 0 atom stereocenters. The molecular formula is C24H22ClFN4O2. The number of halogens is 2. The molecule has 1 saturated heterocycles. The fourth-order valence-corrected chi connectivity index (χ4v) is 4.44. The van der Waals surface area contributed by atoms with Crippen LogP contribution in [0.4, 0.5) is 10.3 Å². The Bertz CT molecular complexity index is 1360. The number of fused-ring (bicyclic) bond motifs is 2. The first-order chi connectivity index (χ1) is 15.4. The Labute approximate surface area is 189 Å². The summed E-state index contributed by atoms with van der Waals surface area (Å²) in [4.78, 5) is 13.2. The number of aromatic nitrogens is 2. The minimum absolute atomic E-state index is 0.0329. The van der Waals surface area contributed by atoms with Crippen LogP contribution < -0.4 is 9.64 Å². The highest BCUT2D eigenvalue weighted by Gasteiger charge is 2.31.